The summed E-state index contributed by atoms with van der Waals surface area (Å²) < 4.78 is 5.27. The quantitative estimate of drug-likeness (QED) is 0.798. The SMILES string of the molecule is COc1ccc2c(c1)CC1(CC2)CNC(=O)C1. The molecule has 0 aromatic heterocycles. The van der Waals surface area contributed by atoms with E-state index in [1.165, 1.54) is 11.1 Å². The Morgan fingerprint density at radius 3 is 2.88 bits per heavy atom. The Morgan fingerprint density at radius 1 is 1.29 bits per heavy atom. The molecule has 3 heteroatoms. The number of hydrogen-bond donors (Lipinski definition) is 1. The van der Waals surface area contributed by atoms with Crippen molar-refractivity contribution in [2.24, 2.45) is 5.41 Å². The minimum Gasteiger partial charge on any atom is -0.497 e. The molecule has 90 valence electrons. The fourth-order valence-electron chi connectivity index (χ4n) is 3.08. The van der Waals surface area contributed by atoms with Crippen LogP contribution in [0.5, 0.6) is 5.75 Å². The van der Waals surface area contributed by atoms with Gasteiger partial charge in [-0.15, -0.1) is 0 Å². The molecule has 0 bridgehead atoms. The summed E-state index contributed by atoms with van der Waals surface area (Å²) >= 11 is 0. The van der Waals surface area contributed by atoms with Crippen molar-refractivity contribution in [2.45, 2.75) is 25.7 Å². The monoisotopic (exact) mass is 231 g/mol. The van der Waals surface area contributed by atoms with E-state index in [1.807, 2.05) is 6.07 Å². The summed E-state index contributed by atoms with van der Waals surface area (Å²) in [5, 5.41) is 2.97. The van der Waals surface area contributed by atoms with Crippen LogP contribution in [0, 0.1) is 5.41 Å². The second kappa shape index (κ2) is 3.76. The Labute approximate surface area is 101 Å². The van der Waals surface area contributed by atoms with Gasteiger partial charge in [-0.05, 0) is 42.5 Å². The maximum Gasteiger partial charge on any atom is 0.220 e. The van der Waals surface area contributed by atoms with Crippen LogP contribution >= 0.6 is 0 Å². The predicted octanol–water partition coefficient (Wildman–Crippen LogP) is 1.69. The number of hydrogen-bond acceptors (Lipinski definition) is 2. The average molecular weight is 231 g/mol. The molecule has 1 aromatic carbocycles. The number of rotatable bonds is 1. The van der Waals surface area contributed by atoms with E-state index in [4.69, 9.17) is 4.74 Å². The highest BCUT2D eigenvalue weighted by Crippen LogP contribution is 2.41. The van der Waals surface area contributed by atoms with Gasteiger partial charge in [-0.1, -0.05) is 6.07 Å². The van der Waals surface area contributed by atoms with E-state index in [2.05, 4.69) is 17.4 Å². The number of ether oxygens (including phenoxy) is 1. The second-order valence-corrected chi connectivity index (χ2v) is 5.26. The molecule has 1 atom stereocenters. The standard InChI is InChI=1S/C14H17NO2/c1-17-12-3-2-10-4-5-14(7-11(10)6-12)8-13(16)15-9-14/h2-3,6H,4-5,7-9H2,1H3,(H,15,16). The Kier molecular flexibility index (Phi) is 2.35. The molecule has 1 N–H and O–H groups in total. The van der Waals surface area contributed by atoms with E-state index >= 15 is 0 Å². The number of methoxy groups -OCH3 is 1. The van der Waals surface area contributed by atoms with Crippen LogP contribution in [0.3, 0.4) is 0 Å². The topological polar surface area (TPSA) is 38.3 Å². The van der Waals surface area contributed by atoms with Gasteiger partial charge in [0, 0.05) is 18.4 Å². The molecule has 1 unspecified atom stereocenters. The van der Waals surface area contributed by atoms with E-state index in [0.29, 0.717) is 6.42 Å². The molecular weight excluding hydrogens is 214 g/mol. The van der Waals surface area contributed by atoms with Crippen molar-refractivity contribution in [3.63, 3.8) is 0 Å². The normalized spacial score (nSPS) is 26.8. The van der Waals surface area contributed by atoms with Gasteiger partial charge in [-0.25, -0.2) is 0 Å². The molecule has 0 saturated carbocycles. The summed E-state index contributed by atoms with van der Waals surface area (Å²) in [4.78, 5) is 11.4. The molecule has 1 heterocycles. The van der Waals surface area contributed by atoms with Gasteiger partial charge in [-0.3, -0.25) is 4.79 Å². The van der Waals surface area contributed by atoms with Gasteiger partial charge in [0.15, 0.2) is 0 Å². The van der Waals surface area contributed by atoms with E-state index in [-0.39, 0.29) is 11.3 Å². The van der Waals surface area contributed by atoms with Crippen molar-refractivity contribution in [2.75, 3.05) is 13.7 Å². The van der Waals surface area contributed by atoms with Gasteiger partial charge in [0.05, 0.1) is 7.11 Å². The van der Waals surface area contributed by atoms with Gasteiger partial charge in [0.2, 0.25) is 5.91 Å². The summed E-state index contributed by atoms with van der Waals surface area (Å²) in [5.74, 6) is 1.12. The zero-order valence-corrected chi connectivity index (χ0v) is 10.1. The van der Waals surface area contributed by atoms with Gasteiger partial charge in [-0.2, -0.15) is 0 Å². The van der Waals surface area contributed by atoms with Crippen LogP contribution in [-0.4, -0.2) is 19.6 Å². The molecule has 1 aliphatic carbocycles. The maximum atomic E-state index is 11.4. The fourth-order valence-corrected chi connectivity index (χ4v) is 3.08. The van der Waals surface area contributed by atoms with Gasteiger partial charge in [0.25, 0.3) is 0 Å². The highest BCUT2D eigenvalue weighted by Gasteiger charge is 2.40. The zero-order chi connectivity index (χ0) is 11.9. The van der Waals surface area contributed by atoms with Gasteiger partial charge >= 0.3 is 0 Å². The smallest absolute Gasteiger partial charge is 0.220 e. The molecule has 1 fully saturated rings. The maximum absolute atomic E-state index is 11.4. The fraction of sp³-hybridized carbons (Fsp3) is 0.500. The van der Waals surface area contributed by atoms with Crippen LogP contribution in [0.25, 0.3) is 0 Å². The van der Waals surface area contributed by atoms with E-state index in [9.17, 15) is 4.79 Å². The largest absolute Gasteiger partial charge is 0.497 e. The Balaban J connectivity index is 1.91. The molecule has 3 nitrogen and oxygen atoms in total. The third kappa shape index (κ3) is 1.79. The van der Waals surface area contributed by atoms with Crippen molar-refractivity contribution in [3.05, 3.63) is 29.3 Å². The Hall–Kier alpha value is -1.51. The summed E-state index contributed by atoms with van der Waals surface area (Å²) in [5.41, 5.74) is 2.93. The molecule has 1 amide bonds. The number of fused-ring (bicyclic) bond motifs is 1. The van der Waals surface area contributed by atoms with Crippen molar-refractivity contribution >= 4 is 5.91 Å². The number of aryl methyl sites for hydroxylation is 1. The first-order valence-corrected chi connectivity index (χ1v) is 6.13. The highest BCUT2D eigenvalue weighted by atomic mass is 16.5. The average Bonchev–Trinajstić information content (AvgIpc) is 2.69. The molecule has 0 radical (unpaired) electrons. The van der Waals surface area contributed by atoms with E-state index in [1.54, 1.807) is 7.11 Å². The molecule has 1 aromatic rings. The lowest BCUT2D eigenvalue weighted by atomic mass is 9.71. The third-order valence-electron chi connectivity index (χ3n) is 4.10. The first-order chi connectivity index (χ1) is 8.21. The lowest BCUT2D eigenvalue weighted by Crippen LogP contribution is -2.31. The highest BCUT2D eigenvalue weighted by molar-refractivity contribution is 5.79. The molecular formula is C14H17NO2. The lowest BCUT2D eigenvalue weighted by Gasteiger charge is -2.33. The summed E-state index contributed by atoms with van der Waals surface area (Å²) in [6, 6.07) is 6.30. The molecule has 1 aliphatic heterocycles. The Morgan fingerprint density at radius 2 is 2.18 bits per heavy atom. The minimum absolute atomic E-state index is 0.163. The van der Waals surface area contributed by atoms with E-state index in [0.717, 1.165) is 31.6 Å². The van der Waals surface area contributed by atoms with Crippen molar-refractivity contribution in [1.29, 1.82) is 0 Å². The third-order valence-corrected chi connectivity index (χ3v) is 4.10. The van der Waals surface area contributed by atoms with Gasteiger partial charge in [0.1, 0.15) is 5.75 Å². The second-order valence-electron chi connectivity index (χ2n) is 5.26. The van der Waals surface area contributed by atoms with Crippen LogP contribution in [0.15, 0.2) is 18.2 Å². The van der Waals surface area contributed by atoms with Crippen LogP contribution in [-0.2, 0) is 17.6 Å². The molecule has 3 rings (SSSR count). The number of benzene rings is 1. The number of nitrogens with one attached hydrogen (secondary N) is 1. The summed E-state index contributed by atoms with van der Waals surface area (Å²) in [6.45, 7) is 0.836. The summed E-state index contributed by atoms with van der Waals surface area (Å²) in [7, 11) is 1.70. The van der Waals surface area contributed by atoms with Crippen molar-refractivity contribution < 1.29 is 9.53 Å². The van der Waals surface area contributed by atoms with Crippen LogP contribution in [0.1, 0.15) is 24.0 Å². The van der Waals surface area contributed by atoms with Crippen molar-refractivity contribution in [3.8, 4) is 5.75 Å². The van der Waals surface area contributed by atoms with Crippen molar-refractivity contribution in [1.82, 2.24) is 5.32 Å². The first-order valence-electron chi connectivity index (χ1n) is 6.13. The number of amides is 1. The van der Waals surface area contributed by atoms with Crippen LogP contribution in [0.2, 0.25) is 0 Å². The van der Waals surface area contributed by atoms with E-state index < -0.39 is 0 Å². The predicted molar refractivity (Wildman–Crippen MR) is 65.1 cm³/mol. The lowest BCUT2D eigenvalue weighted by molar-refractivity contribution is -0.119. The number of carbonyl (C=O) groups excluding carboxylic acids is 1. The zero-order valence-electron chi connectivity index (χ0n) is 10.1. The summed E-state index contributed by atoms with van der Waals surface area (Å²) in [6.07, 6.45) is 3.88. The number of carbonyl (C=O) groups is 1. The molecule has 1 saturated heterocycles. The first kappa shape index (κ1) is 10.6. The molecule has 1 spiro atoms. The van der Waals surface area contributed by atoms with Crippen LogP contribution in [0.4, 0.5) is 0 Å². The molecule has 2 aliphatic rings. The molecule has 17 heavy (non-hydrogen) atoms. The Bertz CT molecular complexity index is 469. The van der Waals surface area contributed by atoms with Crippen LogP contribution < -0.4 is 10.1 Å². The van der Waals surface area contributed by atoms with Gasteiger partial charge < -0.3 is 10.1 Å². The minimum atomic E-state index is 0.163.